The van der Waals surface area contributed by atoms with Gasteiger partial charge in [0.1, 0.15) is 11.3 Å². The average Bonchev–Trinajstić information content (AvgIpc) is 3.41. The molecule has 1 amide bonds. The lowest BCUT2D eigenvalue weighted by Crippen LogP contribution is -2.26. The molecule has 3 N–H and O–H groups in total. The summed E-state index contributed by atoms with van der Waals surface area (Å²) in [6.45, 7) is 3.82. The highest BCUT2D eigenvalue weighted by molar-refractivity contribution is 6.05. The van der Waals surface area contributed by atoms with Crippen LogP contribution < -0.4 is 21.3 Å². The van der Waals surface area contributed by atoms with Gasteiger partial charge in [-0.05, 0) is 38.3 Å². The van der Waals surface area contributed by atoms with Gasteiger partial charge in [0.05, 0.1) is 6.10 Å². The molecule has 0 radical (unpaired) electrons. The Hall–Kier alpha value is -2.90. The molecule has 2 heterocycles. The van der Waals surface area contributed by atoms with Crippen molar-refractivity contribution in [3.05, 3.63) is 40.4 Å². The number of nitrogen functional groups attached to an aromatic ring is 1. The molecular formula is C17H21N5O3. The average molecular weight is 343 g/mol. The third-order valence-corrected chi connectivity index (χ3v) is 4.07. The minimum atomic E-state index is -0.510. The van der Waals surface area contributed by atoms with E-state index in [-0.39, 0.29) is 40.8 Å². The second-order valence-electron chi connectivity index (χ2n) is 6.10. The summed E-state index contributed by atoms with van der Waals surface area (Å²) in [4.78, 5) is 32.9. The molecule has 25 heavy (non-hydrogen) atoms. The number of nitrogens with zero attached hydrogens (tertiary/aromatic N) is 3. The van der Waals surface area contributed by atoms with Crippen molar-refractivity contribution < 1.29 is 9.53 Å². The van der Waals surface area contributed by atoms with Gasteiger partial charge in [0, 0.05) is 18.4 Å². The Kier molecular flexibility index (Phi) is 4.69. The van der Waals surface area contributed by atoms with Gasteiger partial charge in [-0.15, -0.1) is 0 Å². The Balaban J connectivity index is 1.86. The Labute approximate surface area is 145 Å². The monoisotopic (exact) mass is 343 g/mol. The molecule has 2 aromatic rings. The molecule has 1 saturated carbocycles. The molecule has 0 aromatic carbocycles. The second kappa shape index (κ2) is 6.92. The van der Waals surface area contributed by atoms with Crippen LogP contribution in [0.5, 0.6) is 5.88 Å². The first kappa shape index (κ1) is 16.9. The number of carbonyl (C=O) groups is 1. The fourth-order valence-electron chi connectivity index (χ4n) is 2.33. The quantitative estimate of drug-likeness (QED) is 0.829. The number of pyridine rings is 1. The standard InChI is InChI=1S/C17H21N5O3/c1-3-10(2)25-15-12(9-19-17(18)21-15)14(23)20-13-5-4-8-22(16(13)24)11-6-7-11/h4-5,8-11H,3,6-7H2,1-2H3,(H,20,23)(H2,18,19,21). The van der Waals surface area contributed by atoms with Crippen molar-refractivity contribution in [1.29, 1.82) is 0 Å². The summed E-state index contributed by atoms with van der Waals surface area (Å²) in [5.41, 5.74) is 5.72. The summed E-state index contributed by atoms with van der Waals surface area (Å²) in [5, 5.41) is 2.63. The van der Waals surface area contributed by atoms with E-state index in [1.807, 2.05) is 13.8 Å². The molecule has 1 unspecified atom stereocenters. The number of carbonyl (C=O) groups excluding carboxylic acids is 1. The molecule has 8 nitrogen and oxygen atoms in total. The number of hydrogen-bond donors (Lipinski definition) is 2. The van der Waals surface area contributed by atoms with E-state index in [0.29, 0.717) is 0 Å². The SMILES string of the molecule is CCC(C)Oc1nc(N)ncc1C(=O)Nc1cccn(C2CC2)c1=O. The summed E-state index contributed by atoms with van der Waals surface area (Å²) in [7, 11) is 0. The lowest BCUT2D eigenvalue weighted by atomic mass is 10.2. The first-order valence-corrected chi connectivity index (χ1v) is 8.31. The predicted octanol–water partition coefficient (Wildman–Crippen LogP) is 1.99. The normalized spacial score (nSPS) is 14.8. The third kappa shape index (κ3) is 3.78. The van der Waals surface area contributed by atoms with Gasteiger partial charge in [-0.3, -0.25) is 9.59 Å². The fourth-order valence-corrected chi connectivity index (χ4v) is 2.33. The second-order valence-corrected chi connectivity index (χ2v) is 6.10. The maximum atomic E-state index is 12.6. The van der Waals surface area contributed by atoms with E-state index < -0.39 is 5.91 Å². The molecule has 132 valence electrons. The minimum absolute atomic E-state index is 0.0191. The van der Waals surface area contributed by atoms with E-state index in [9.17, 15) is 9.59 Å². The zero-order valence-electron chi connectivity index (χ0n) is 14.2. The van der Waals surface area contributed by atoms with Crippen LogP contribution in [-0.4, -0.2) is 26.5 Å². The molecule has 3 rings (SSSR count). The van der Waals surface area contributed by atoms with E-state index in [2.05, 4.69) is 15.3 Å². The molecule has 0 saturated heterocycles. The van der Waals surface area contributed by atoms with Gasteiger partial charge in [0.25, 0.3) is 11.5 Å². The van der Waals surface area contributed by atoms with Crippen molar-refractivity contribution in [2.24, 2.45) is 0 Å². The first-order valence-electron chi connectivity index (χ1n) is 8.31. The summed E-state index contributed by atoms with van der Waals surface area (Å²) in [5.74, 6) is -0.382. The zero-order chi connectivity index (χ0) is 18.0. The molecule has 1 aliphatic rings. The van der Waals surface area contributed by atoms with Crippen molar-refractivity contribution in [2.45, 2.75) is 45.3 Å². The topological polar surface area (TPSA) is 112 Å². The maximum absolute atomic E-state index is 12.6. The van der Waals surface area contributed by atoms with E-state index in [4.69, 9.17) is 10.5 Å². The highest BCUT2D eigenvalue weighted by Crippen LogP contribution is 2.33. The largest absolute Gasteiger partial charge is 0.474 e. The van der Waals surface area contributed by atoms with Crippen LogP contribution in [0.2, 0.25) is 0 Å². The Morgan fingerprint density at radius 1 is 1.52 bits per heavy atom. The first-order chi connectivity index (χ1) is 12.0. The number of amides is 1. The smallest absolute Gasteiger partial charge is 0.274 e. The molecule has 1 atom stereocenters. The summed E-state index contributed by atoms with van der Waals surface area (Å²) in [6, 6.07) is 3.55. The Morgan fingerprint density at radius 3 is 2.96 bits per heavy atom. The summed E-state index contributed by atoms with van der Waals surface area (Å²) < 4.78 is 7.31. The molecule has 8 heteroatoms. The van der Waals surface area contributed by atoms with E-state index in [1.165, 1.54) is 6.20 Å². The summed E-state index contributed by atoms with van der Waals surface area (Å²) >= 11 is 0. The number of anilines is 2. The summed E-state index contributed by atoms with van der Waals surface area (Å²) in [6.07, 6.45) is 5.61. The van der Waals surface area contributed by atoms with E-state index >= 15 is 0 Å². The predicted molar refractivity (Wildman–Crippen MR) is 93.8 cm³/mol. The van der Waals surface area contributed by atoms with Crippen LogP contribution in [0.25, 0.3) is 0 Å². The van der Waals surface area contributed by atoms with Crippen LogP contribution >= 0.6 is 0 Å². The van der Waals surface area contributed by atoms with Gasteiger partial charge in [-0.2, -0.15) is 4.98 Å². The highest BCUT2D eigenvalue weighted by atomic mass is 16.5. The van der Waals surface area contributed by atoms with Gasteiger partial charge in [-0.1, -0.05) is 6.92 Å². The van der Waals surface area contributed by atoms with Crippen LogP contribution in [0, 0.1) is 0 Å². The number of ether oxygens (including phenoxy) is 1. The fraction of sp³-hybridized carbons (Fsp3) is 0.412. The van der Waals surface area contributed by atoms with Crippen LogP contribution in [0.15, 0.2) is 29.3 Å². The van der Waals surface area contributed by atoms with Gasteiger partial charge in [0.2, 0.25) is 11.8 Å². The van der Waals surface area contributed by atoms with E-state index in [0.717, 1.165) is 19.3 Å². The zero-order valence-corrected chi connectivity index (χ0v) is 14.2. The number of nitrogens with one attached hydrogen (secondary N) is 1. The molecule has 1 aliphatic carbocycles. The number of hydrogen-bond acceptors (Lipinski definition) is 6. The van der Waals surface area contributed by atoms with Crippen LogP contribution in [0.4, 0.5) is 11.6 Å². The maximum Gasteiger partial charge on any atom is 0.274 e. The van der Waals surface area contributed by atoms with Gasteiger partial charge in [0.15, 0.2) is 0 Å². The molecule has 0 spiro atoms. The van der Waals surface area contributed by atoms with Crippen molar-refractivity contribution in [1.82, 2.24) is 14.5 Å². The number of rotatable bonds is 6. The third-order valence-electron chi connectivity index (χ3n) is 4.07. The van der Waals surface area contributed by atoms with E-state index in [1.54, 1.807) is 22.9 Å². The molecule has 1 fully saturated rings. The molecule has 0 bridgehead atoms. The molecule has 0 aliphatic heterocycles. The Morgan fingerprint density at radius 2 is 2.28 bits per heavy atom. The van der Waals surface area contributed by atoms with Crippen LogP contribution in [-0.2, 0) is 0 Å². The van der Waals surface area contributed by atoms with Crippen molar-refractivity contribution in [2.75, 3.05) is 11.1 Å². The lowest BCUT2D eigenvalue weighted by Gasteiger charge is -2.15. The van der Waals surface area contributed by atoms with Crippen LogP contribution in [0.1, 0.15) is 49.5 Å². The lowest BCUT2D eigenvalue weighted by molar-refractivity contribution is 0.101. The van der Waals surface area contributed by atoms with Gasteiger partial charge >= 0.3 is 0 Å². The van der Waals surface area contributed by atoms with Gasteiger partial charge in [-0.25, -0.2) is 4.98 Å². The number of aromatic nitrogens is 3. The van der Waals surface area contributed by atoms with Crippen LogP contribution in [0.3, 0.4) is 0 Å². The number of nitrogens with two attached hydrogens (primary N) is 1. The van der Waals surface area contributed by atoms with Crippen molar-refractivity contribution in [3.8, 4) is 5.88 Å². The molecular weight excluding hydrogens is 322 g/mol. The minimum Gasteiger partial charge on any atom is -0.474 e. The highest BCUT2D eigenvalue weighted by Gasteiger charge is 2.25. The van der Waals surface area contributed by atoms with Crippen molar-refractivity contribution >= 4 is 17.5 Å². The van der Waals surface area contributed by atoms with Crippen molar-refractivity contribution in [3.63, 3.8) is 0 Å². The molecule has 2 aromatic heterocycles. The van der Waals surface area contributed by atoms with Gasteiger partial charge < -0.3 is 20.4 Å². The Bertz CT molecular complexity index is 844.